The van der Waals surface area contributed by atoms with Gasteiger partial charge in [-0.25, -0.2) is 0 Å². The van der Waals surface area contributed by atoms with Crippen molar-refractivity contribution in [1.82, 2.24) is 4.57 Å². The average molecular weight is 408 g/mol. The van der Waals surface area contributed by atoms with E-state index >= 15 is 0 Å². The number of nitrogens with two attached hydrogens (primary N) is 1. The molecule has 0 unspecified atom stereocenters. The van der Waals surface area contributed by atoms with Gasteiger partial charge in [-0.05, 0) is 37.5 Å². The lowest BCUT2D eigenvalue weighted by molar-refractivity contribution is 0.1000. The number of rotatable bonds is 13. The first-order valence-electron chi connectivity index (χ1n) is 11.6. The Morgan fingerprint density at radius 1 is 0.967 bits per heavy atom. The van der Waals surface area contributed by atoms with Crippen molar-refractivity contribution in [2.75, 3.05) is 0 Å². The van der Waals surface area contributed by atoms with E-state index < -0.39 is 0 Å². The SMILES string of the molecule is CCCCCCCCCCCn1c(C)c(C(N)=O)c(-c2ccc(C#N)cc2)c1CC. The highest BCUT2D eigenvalue weighted by atomic mass is 16.1. The highest BCUT2D eigenvalue weighted by Crippen LogP contribution is 2.33. The summed E-state index contributed by atoms with van der Waals surface area (Å²) in [6.45, 7) is 7.30. The monoisotopic (exact) mass is 407 g/mol. The summed E-state index contributed by atoms with van der Waals surface area (Å²) in [6.07, 6.45) is 12.5. The van der Waals surface area contributed by atoms with Gasteiger partial charge in [0.1, 0.15) is 0 Å². The highest BCUT2D eigenvalue weighted by Gasteiger charge is 2.23. The van der Waals surface area contributed by atoms with Crippen LogP contribution in [0.4, 0.5) is 0 Å². The second kappa shape index (κ2) is 12.2. The summed E-state index contributed by atoms with van der Waals surface area (Å²) in [5.41, 5.74) is 11.0. The van der Waals surface area contributed by atoms with Crippen LogP contribution in [0.1, 0.15) is 98.9 Å². The Bertz CT molecular complexity index is 856. The quantitative estimate of drug-likeness (QED) is 0.383. The van der Waals surface area contributed by atoms with Gasteiger partial charge in [0.25, 0.3) is 5.91 Å². The summed E-state index contributed by atoms with van der Waals surface area (Å²) in [5, 5.41) is 9.08. The molecular formula is C26H37N3O. The molecule has 0 aliphatic rings. The molecule has 1 aromatic heterocycles. The van der Waals surface area contributed by atoms with Crippen molar-refractivity contribution in [3.63, 3.8) is 0 Å². The number of primary amides is 1. The van der Waals surface area contributed by atoms with Crippen LogP contribution in [0.3, 0.4) is 0 Å². The number of nitrogens with zero attached hydrogens (tertiary/aromatic N) is 2. The minimum Gasteiger partial charge on any atom is -0.366 e. The maximum Gasteiger partial charge on any atom is 0.251 e. The Labute approximate surface area is 182 Å². The molecule has 0 spiro atoms. The normalized spacial score (nSPS) is 10.9. The summed E-state index contributed by atoms with van der Waals surface area (Å²) in [4.78, 5) is 12.3. The van der Waals surface area contributed by atoms with Crippen molar-refractivity contribution in [2.24, 2.45) is 5.73 Å². The molecule has 1 amide bonds. The zero-order valence-electron chi connectivity index (χ0n) is 19.0. The van der Waals surface area contributed by atoms with E-state index in [9.17, 15) is 4.79 Å². The molecule has 2 rings (SSSR count). The number of aromatic nitrogens is 1. The second-order valence-corrected chi connectivity index (χ2v) is 8.17. The number of carbonyl (C=O) groups excluding carboxylic acids is 1. The molecular weight excluding hydrogens is 370 g/mol. The Hall–Kier alpha value is -2.54. The zero-order valence-corrected chi connectivity index (χ0v) is 19.0. The van der Waals surface area contributed by atoms with E-state index in [2.05, 4.69) is 24.5 Å². The minimum atomic E-state index is -0.382. The van der Waals surface area contributed by atoms with E-state index in [-0.39, 0.29) is 5.91 Å². The van der Waals surface area contributed by atoms with Crippen LogP contribution in [0.25, 0.3) is 11.1 Å². The molecule has 1 aromatic carbocycles. The summed E-state index contributed by atoms with van der Waals surface area (Å²) < 4.78 is 2.29. The van der Waals surface area contributed by atoms with Gasteiger partial charge in [-0.2, -0.15) is 5.26 Å². The lowest BCUT2D eigenvalue weighted by Crippen LogP contribution is -2.13. The molecule has 162 valence electrons. The number of unbranched alkanes of at least 4 members (excludes halogenated alkanes) is 8. The fourth-order valence-corrected chi connectivity index (χ4v) is 4.37. The van der Waals surface area contributed by atoms with Crippen LogP contribution >= 0.6 is 0 Å². The number of hydrogen-bond donors (Lipinski definition) is 1. The summed E-state index contributed by atoms with van der Waals surface area (Å²) in [6, 6.07) is 9.58. The van der Waals surface area contributed by atoms with Gasteiger partial charge in [-0.1, -0.05) is 77.3 Å². The average Bonchev–Trinajstić information content (AvgIpc) is 3.04. The highest BCUT2D eigenvalue weighted by molar-refractivity contribution is 6.02. The minimum absolute atomic E-state index is 0.382. The molecule has 2 aromatic rings. The smallest absolute Gasteiger partial charge is 0.251 e. The van der Waals surface area contributed by atoms with Crippen molar-refractivity contribution in [3.05, 3.63) is 46.8 Å². The van der Waals surface area contributed by atoms with E-state index in [4.69, 9.17) is 11.0 Å². The third kappa shape index (κ3) is 5.98. The van der Waals surface area contributed by atoms with Crippen molar-refractivity contribution in [2.45, 2.75) is 91.5 Å². The fraction of sp³-hybridized carbons (Fsp3) is 0.538. The predicted molar refractivity (Wildman–Crippen MR) is 124 cm³/mol. The molecule has 1 heterocycles. The van der Waals surface area contributed by atoms with Gasteiger partial charge in [0, 0.05) is 23.5 Å². The first-order valence-corrected chi connectivity index (χ1v) is 11.6. The maximum absolute atomic E-state index is 12.3. The van der Waals surface area contributed by atoms with Crippen molar-refractivity contribution >= 4 is 5.91 Å². The largest absolute Gasteiger partial charge is 0.366 e. The molecule has 4 heteroatoms. The topological polar surface area (TPSA) is 71.8 Å². The first-order chi connectivity index (χ1) is 14.5. The molecule has 2 N–H and O–H groups in total. The van der Waals surface area contributed by atoms with Gasteiger partial charge in [0.2, 0.25) is 0 Å². The Morgan fingerprint density at radius 3 is 2.03 bits per heavy atom. The van der Waals surface area contributed by atoms with E-state index in [0.717, 1.165) is 41.9 Å². The fourth-order valence-electron chi connectivity index (χ4n) is 4.37. The van der Waals surface area contributed by atoms with Crippen LogP contribution in [-0.4, -0.2) is 10.5 Å². The van der Waals surface area contributed by atoms with Crippen LogP contribution in [-0.2, 0) is 13.0 Å². The van der Waals surface area contributed by atoms with Gasteiger partial charge in [0.05, 0.1) is 17.2 Å². The molecule has 0 fully saturated rings. The number of carbonyl (C=O) groups is 1. The van der Waals surface area contributed by atoms with Crippen LogP contribution in [0, 0.1) is 18.3 Å². The van der Waals surface area contributed by atoms with Crippen LogP contribution in [0.2, 0.25) is 0 Å². The molecule has 0 saturated carbocycles. The summed E-state index contributed by atoms with van der Waals surface area (Å²) in [5.74, 6) is -0.382. The van der Waals surface area contributed by atoms with Crippen LogP contribution in [0.5, 0.6) is 0 Å². The van der Waals surface area contributed by atoms with Gasteiger partial charge >= 0.3 is 0 Å². The molecule has 4 nitrogen and oxygen atoms in total. The van der Waals surface area contributed by atoms with Gasteiger partial charge < -0.3 is 10.3 Å². The summed E-state index contributed by atoms with van der Waals surface area (Å²) in [7, 11) is 0. The number of hydrogen-bond acceptors (Lipinski definition) is 2. The molecule has 0 atom stereocenters. The van der Waals surface area contributed by atoms with Crippen molar-refractivity contribution in [3.8, 4) is 17.2 Å². The third-order valence-corrected chi connectivity index (χ3v) is 6.00. The van der Waals surface area contributed by atoms with E-state index in [1.165, 1.54) is 51.4 Å². The van der Waals surface area contributed by atoms with Crippen LogP contribution < -0.4 is 5.73 Å². The van der Waals surface area contributed by atoms with Gasteiger partial charge in [0.15, 0.2) is 0 Å². The van der Waals surface area contributed by atoms with Crippen molar-refractivity contribution in [1.29, 1.82) is 5.26 Å². The predicted octanol–water partition coefficient (Wildman–Crippen LogP) is 6.53. The Morgan fingerprint density at radius 2 is 1.53 bits per heavy atom. The third-order valence-electron chi connectivity index (χ3n) is 6.00. The molecule has 30 heavy (non-hydrogen) atoms. The van der Waals surface area contributed by atoms with Crippen molar-refractivity contribution < 1.29 is 4.79 Å². The zero-order chi connectivity index (χ0) is 21.9. The Kier molecular flexibility index (Phi) is 9.67. The van der Waals surface area contributed by atoms with Gasteiger partial charge in [-0.3, -0.25) is 4.79 Å². The first kappa shape index (κ1) is 23.7. The lowest BCUT2D eigenvalue weighted by atomic mass is 9.98. The molecule has 0 aliphatic carbocycles. The molecule has 0 bridgehead atoms. The standard InChI is InChI=1S/C26H37N3O/c1-4-6-7-8-9-10-11-12-13-18-29-20(3)24(26(28)30)25(23(29)5-2)22-16-14-21(19-27)15-17-22/h14-17H,4-13,18H2,1-3H3,(H2,28,30). The second-order valence-electron chi connectivity index (χ2n) is 8.17. The Balaban J connectivity index is 2.10. The number of amides is 1. The summed E-state index contributed by atoms with van der Waals surface area (Å²) >= 11 is 0. The maximum atomic E-state index is 12.3. The molecule has 0 aliphatic heterocycles. The van der Waals surface area contributed by atoms with Crippen LogP contribution in [0.15, 0.2) is 24.3 Å². The number of nitriles is 1. The molecule has 0 saturated heterocycles. The van der Waals surface area contributed by atoms with E-state index in [1.807, 2.05) is 19.1 Å². The van der Waals surface area contributed by atoms with Gasteiger partial charge in [-0.15, -0.1) is 0 Å². The lowest BCUT2D eigenvalue weighted by Gasteiger charge is -2.12. The number of benzene rings is 1. The molecule has 0 radical (unpaired) electrons. The van der Waals surface area contributed by atoms with E-state index in [1.54, 1.807) is 12.1 Å². The van der Waals surface area contributed by atoms with E-state index in [0.29, 0.717) is 11.1 Å².